The first-order valence-corrected chi connectivity index (χ1v) is 10.7. The molecule has 0 spiro atoms. The molecule has 1 aromatic rings. The van der Waals surface area contributed by atoms with Crippen LogP contribution in [-0.4, -0.2) is 53.5 Å². The van der Waals surface area contributed by atoms with Crippen LogP contribution in [0, 0.1) is 17.7 Å². The highest BCUT2D eigenvalue weighted by Crippen LogP contribution is 2.33. The maximum Gasteiger partial charge on any atom is 0.226 e. The van der Waals surface area contributed by atoms with Crippen molar-refractivity contribution in [3.05, 3.63) is 35.6 Å². The van der Waals surface area contributed by atoms with Gasteiger partial charge in [-0.1, -0.05) is 12.1 Å². The van der Waals surface area contributed by atoms with E-state index < -0.39 is 0 Å². The number of carbonyl (C=O) groups excluding carboxylic acids is 1. The second kappa shape index (κ2) is 7.71. The number of fused-ring (bicyclic) bond motifs is 5. The predicted molar refractivity (Wildman–Crippen MR) is 104 cm³/mol. The summed E-state index contributed by atoms with van der Waals surface area (Å²) < 4.78 is 13.2. The summed E-state index contributed by atoms with van der Waals surface area (Å²) >= 11 is 0. The van der Waals surface area contributed by atoms with Crippen LogP contribution in [0.3, 0.4) is 0 Å². The molecule has 5 aliphatic rings. The van der Waals surface area contributed by atoms with Crippen LogP contribution in [-0.2, 0) is 11.3 Å². The summed E-state index contributed by atoms with van der Waals surface area (Å²) in [5.41, 5.74) is 10.7. The van der Waals surface area contributed by atoms with Crippen molar-refractivity contribution in [3.8, 4) is 0 Å². The van der Waals surface area contributed by atoms with E-state index in [1.165, 1.54) is 18.6 Å². The molecule has 5 atom stereocenters. The quantitative estimate of drug-likeness (QED) is 0.732. The average molecular weight is 388 g/mol. The molecule has 2 bridgehead atoms. The van der Waals surface area contributed by atoms with E-state index in [4.69, 9.17) is 0 Å². The van der Waals surface area contributed by atoms with E-state index >= 15 is 0 Å². The molecule has 3 N–H and O–H groups in total. The van der Waals surface area contributed by atoms with E-state index in [0.29, 0.717) is 30.0 Å². The fourth-order valence-corrected chi connectivity index (χ4v) is 5.61. The maximum atomic E-state index is 13.4. The summed E-state index contributed by atoms with van der Waals surface area (Å²) in [6, 6.07) is 7.93. The van der Waals surface area contributed by atoms with Crippen LogP contribution in [0.4, 0.5) is 4.39 Å². The number of hydrazine groups is 2. The highest BCUT2D eigenvalue weighted by atomic mass is 19.1. The first kappa shape index (κ1) is 18.5. The first-order chi connectivity index (χ1) is 13.7. The van der Waals surface area contributed by atoms with Gasteiger partial charge in [0.1, 0.15) is 5.82 Å². The summed E-state index contributed by atoms with van der Waals surface area (Å²) in [4.78, 5) is 18.1. The van der Waals surface area contributed by atoms with Gasteiger partial charge in [0, 0.05) is 50.2 Å². The van der Waals surface area contributed by atoms with Gasteiger partial charge >= 0.3 is 0 Å². The van der Waals surface area contributed by atoms with Crippen molar-refractivity contribution in [2.45, 2.75) is 56.8 Å². The van der Waals surface area contributed by atoms with Gasteiger partial charge in [0.15, 0.2) is 0 Å². The number of rotatable bonds is 3. The van der Waals surface area contributed by atoms with Gasteiger partial charge in [-0.05, 0) is 55.7 Å². The smallest absolute Gasteiger partial charge is 0.226 e. The summed E-state index contributed by atoms with van der Waals surface area (Å²) in [6.07, 6.45) is 5.25. The minimum atomic E-state index is -0.187. The fourth-order valence-electron chi connectivity index (χ4n) is 5.61. The summed E-state index contributed by atoms with van der Waals surface area (Å²) in [6.45, 7) is 3.70. The van der Waals surface area contributed by atoms with Crippen molar-refractivity contribution in [1.82, 2.24) is 26.2 Å². The van der Waals surface area contributed by atoms with Gasteiger partial charge in [-0.25, -0.2) is 15.2 Å². The van der Waals surface area contributed by atoms with Crippen LogP contribution in [0.5, 0.6) is 0 Å². The molecule has 28 heavy (non-hydrogen) atoms. The number of nitrogens with zero attached hydrogens (tertiary/aromatic N) is 2. The molecule has 7 heteroatoms. The van der Waals surface area contributed by atoms with Gasteiger partial charge in [-0.2, -0.15) is 5.53 Å². The fraction of sp³-hybridized carbons (Fsp3) is 0.667. The molecule has 1 aromatic carbocycles. The predicted octanol–water partition coefficient (Wildman–Crippen LogP) is 1.40. The molecule has 152 valence electrons. The molecule has 3 unspecified atom stereocenters. The Balaban J connectivity index is 1.24. The second-order valence-corrected chi connectivity index (χ2v) is 9.04. The normalized spacial score (nSPS) is 35.6. The largest absolute Gasteiger partial charge is 0.338 e. The lowest BCUT2D eigenvalue weighted by Gasteiger charge is -2.40. The average Bonchev–Trinajstić information content (AvgIpc) is 3.01. The monoisotopic (exact) mass is 387 g/mol. The third-order valence-electron chi connectivity index (χ3n) is 7.11. The van der Waals surface area contributed by atoms with E-state index in [9.17, 15) is 9.18 Å². The third kappa shape index (κ3) is 3.68. The van der Waals surface area contributed by atoms with Gasteiger partial charge in [0.25, 0.3) is 0 Å². The van der Waals surface area contributed by atoms with E-state index in [0.717, 1.165) is 57.4 Å². The lowest BCUT2D eigenvalue weighted by molar-refractivity contribution is -0.141. The van der Waals surface area contributed by atoms with Gasteiger partial charge in [0.2, 0.25) is 5.91 Å². The molecule has 1 aliphatic carbocycles. The number of nitrogens with one attached hydrogen (secondary N) is 3. The van der Waals surface area contributed by atoms with E-state index in [1.807, 2.05) is 12.1 Å². The third-order valence-corrected chi connectivity index (χ3v) is 7.11. The Bertz CT molecular complexity index is 713. The van der Waals surface area contributed by atoms with Gasteiger partial charge in [-0.15, -0.1) is 0 Å². The zero-order chi connectivity index (χ0) is 19.1. The number of hydrogen-bond acceptors (Lipinski definition) is 5. The lowest BCUT2D eigenvalue weighted by atomic mass is 9.81. The van der Waals surface area contributed by atoms with Crippen molar-refractivity contribution in [2.24, 2.45) is 11.8 Å². The molecular formula is C21H30FN5O. The van der Waals surface area contributed by atoms with E-state index in [2.05, 4.69) is 26.2 Å². The van der Waals surface area contributed by atoms with Crippen LogP contribution < -0.4 is 16.4 Å². The minimum Gasteiger partial charge on any atom is -0.338 e. The Morgan fingerprint density at radius 2 is 1.82 bits per heavy atom. The Kier molecular flexibility index (Phi) is 5.09. The van der Waals surface area contributed by atoms with Crippen LogP contribution in [0.2, 0.25) is 0 Å². The van der Waals surface area contributed by atoms with Crippen LogP contribution in [0.25, 0.3) is 0 Å². The number of halogens is 1. The minimum absolute atomic E-state index is 0.139. The summed E-state index contributed by atoms with van der Waals surface area (Å²) in [7, 11) is 0. The Hall–Kier alpha value is -1.54. The number of hydrogen-bond donors (Lipinski definition) is 3. The van der Waals surface area contributed by atoms with Crippen molar-refractivity contribution in [1.29, 1.82) is 0 Å². The Labute approximate surface area is 165 Å². The van der Waals surface area contributed by atoms with Crippen LogP contribution in [0.1, 0.15) is 37.7 Å². The molecule has 1 amide bonds. The van der Waals surface area contributed by atoms with Crippen LogP contribution in [0.15, 0.2) is 24.3 Å². The molecular weight excluding hydrogens is 357 g/mol. The Morgan fingerprint density at radius 1 is 1.00 bits per heavy atom. The van der Waals surface area contributed by atoms with Crippen molar-refractivity contribution >= 4 is 5.91 Å². The SMILES string of the molecule is O=C(C1CCC2NNNC2C1)N1C[C@H]2CC[C@@H]1CN(Cc1ccc(F)cc1)C2. The number of piperidine rings is 1. The molecule has 4 saturated heterocycles. The molecule has 4 aliphatic heterocycles. The van der Waals surface area contributed by atoms with Crippen molar-refractivity contribution in [3.63, 3.8) is 0 Å². The molecule has 1 saturated carbocycles. The number of amides is 1. The maximum absolute atomic E-state index is 13.4. The molecule has 6 rings (SSSR count). The van der Waals surface area contributed by atoms with Crippen molar-refractivity contribution in [2.75, 3.05) is 19.6 Å². The number of benzene rings is 1. The van der Waals surface area contributed by atoms with Crippen LogP contribution >= 0.6 is 0 Å². The molecule has 0 aromatic heterocycles. The van der Waals surface area contributed by atoms with Gasteiger partial charge < -0.3 is 4.90 Å². The zero-order valence-corrected chi connectivity index (χ0v) is 16.2. The summed E-state index contributed by atoms with van der Waals surface area (Å²) in [5, 5.41) is 0. The van der Waals surface area contributed by atoms with Crippen molar-refractivity contribution < 1.29 is 9.18 Å². The highest BCUT2D eigenvalue weighted by molar-refractivity contribution is 5.79. The Morgan fingerprint density at radius 3 is 2.68 bits per heavy atom. The first-order valence-electron chi connectivity index (χ1n) is 10.7. The zero-order valence-electron chi connectivity index (χ0n) is 16.2. The highest BCUT2D eigenvalue weighted by Gasteiger charge is 2.42. The molecule has 6 nitrogen and oxygen atoms in total. The molecule has 4 heterocycles. The van der Waals surface area contributed by atoms with E-state index in [-0.39, 0.29) is 11.7 Å². The van der Waals surface area contributed by atoms with Gasteiger partial charge in [0.05, 0.1) is 0 Å². The second-order valence-electron chi connectivity index (χ2n) is 9.04. The van der Waals surface area contributed by atoms with Gasteiger partial charge in [-0.3, -0.25) is 9.69 Å². The molecule has 5 fully saturated rings. The topological polar surface area (TPSA) is 59.6 Å². The lowest BCUT2D eigenvalue weighted by Crippen LogP contribution is -2.52. The number of carbonyl (C=O) groups is 1. The van der Waals surface area contributed by atoms with E-state index in [1.54, 1.807) is 0 Å². The summed E-state index contributed by atoms with van der Waals surface area (Å²) in [5.74, 6) is 0.867. The molecule has 0 radical (unpaired) electrons. The standard InChI is InChI=1S/C21H30FN5O/c22-17-5-1-14(2-6-17)10-26-11-15-3-7-18(13-26)27(12-15)21(28)16-4-8-19-20(9-16)24-25-23-19/h1-2,5-6,15-16,18-20,23-25H,3-4,7-13H2/t15-,16?,18+,19?,20?/m0/s1.